The van der Waals surface area contributed by atoms with Crippen LogP contribution in [0.15, 0.2) is 6.20 Å². The van der Waals surface area contributed by atoms with Gasteiger partial charge in [-0.2, -0.15) is 0 Å². The first-order chi connectivity index (χ1) is 8.16. The molecular formula is C12H21Cl2N3OS. The summed E-state index contributed by atoms with van der Waals surface area (Å²) in [6.45, 7) is 5.57. The van der Waals surface area contributed by atoms with E-state index < -0.39 is 0 Å². The SMILES string of the molecule is CCC1(C(=O)NCc2cnc(C)s2)CCCN1.Cl.Cl. The van der Waals surface area contributed by atoms with E-state index in [1.165, 1.54) is 0 Å². The molecule has 2 rings (SSSR count). The summed E-state index contributed by atoms with van der Waals surface area (Å²) in [4.78, 5) is 17.5. The second-order valence-corrected chi connectivity index (χ2v) is 5.81. The third kappa shape index (κ3) is 4.31. The minimum absolute atomic E-state index is 0. The van der Waals surface area contributed by atoms with E-state index in [9.17, 15) is 4.79 Å². The van der Waals surface area contributed by atoms with E-state index in [1.54, 1.807) is 11.3 Å². The standard InChI is InChI=1S/C12H19N3OS.2ClH/c1-3-12(5-4-6-15-12)11(16)14-8-10-7-13-9(2)17-10;;/h7,15H,3-6,8H2,1-2H3,(H,14,16);2*1H. The van der Waals surface area contributed by atoms with Gasteiger partial charge >= 0.3 is 0 Å². The van der Waals surface area contributed by atoms with Crippen molar-refractivity contribution >= 4 is 42.1 Å². The first-order valence-corrected chi connectivity index (χ1v) is 6.92. The van der Waals surface area contributed by atoms with Gasteiger partial charge in [0.25, 0.3) is 0 Å². The maximum Gasteiger partial charge on any atom is 0.240 e. The molecule has 19 heavy (non-hydrogen) atoms. The molecule has 1 aliphatic heterocycles. The molecule has 1 aromatic heterocycles. The van der Waals surface area contributed by atoms with Crippen LogP contribution in [-0.2, 0) is 11.3 Å². The molecule has 1 atom stereocenters. The zero-order valence-corrected chi connectivity index (χ0v) is 13.6. The van der Waals surface area contributed by atoms with Crippen molar-refractivity contribution in [1.82, 2.24) is 15.6 Å². The quantitative estimate of drug-likeness (QED) is 0.894. The summed E-state index contributed by atoms with van der Waals surface area (Å²) in [5.41, 5.74) is -0.334. The van der Waals surface area contributed by atoms with Gasteiger partial charge in [0.05, 0.1) is 17.1 Å². The molecule has 1 fully saturated rings. The molecule has 2 N–H and O–H groups in total. The van der Waals surface area contributed by atoms with Crippen LogP contribution in [0.5, 0.6) is 0 Å². The van der Waals surface area contributed by atoms with Crippen LogP contribution in [0.25, 0.3) is 0 Å². The first-order valence-electron chi connectivity index (χ1n) is 6.11. The van der Waals surface area contributed by atoms with Crippen LogP contribution in [-0.4, -0.2) is 23.0 Å². The van der Waals surface area contributed by atoms with Crippen LogP contribution in [0, 0.1) is 6.92 Å². The third-order valence-corrected chi connectivity index (χ3v) is 4.29. The largest absolute Gasteiger partial charge is 0.350 e. The van der Waals surface area contributed by atoms with Crippen molar-refractivity contribution in [2.24, 2.45) is 0 Å². The predicted molar refractivity (Wildman–Crippen MR) is 83.5 cm³/mol. The summed E-state index contributed by atoms with van der Waals surface area (Å²) in [5, 5.41) is 7.39. The zero-order valence-electron chi connectivity index (χ0n) is 11.2. The number of nitrogens with zero attached hydrogens (tertiary/aromatic N) is 1. The van der Waals surface area contributed by atoms with Crippen molar-refractivity contribution < 1.29 is 4.79 Å². The molecule has 1 unspecified atom stereocenters. The number of nitrogens with one attached hydrogen (secondary N) is 2. The molecule has 0 radical (unpaired) electrons. The fraction of sp³-hybridized carbons (Fsp3) is 0.667. The van der Waals surface area contributed by atoms with Crippen LogP contribution in [0.4, 0.5) is 0 Å². The van der Waals surface area contributed by atoms with Crippen LogP contribution in [0.3, 0.4) is 0 Å². The summed E-state index contributed by atoms with van der Waals surface area (Å²) < 4.78 is 0. The number of thiazole rings is 1. The Balaban J connectivity index is 0.00000162. The van der Waals surface area contributed by atoms with Crippen molar-refractivity contribution in [3.63, 3.8) is 0 Å². The molecule has 0 aromatic carbocycles. The van der Waals surface area contributed by atoms with Gasteiger partial charge in [0.15, 0.2) is 0 Å². The molecule has 0 saturated carbocycles. The van der Waals surface area contributed by atoms with Crippen molar-refractivity contribution in [2.45, 2.75) is 45.2 Å². The number of halogens is 2. The molecule has 0 aliphatic carbocycles. The van der Waals surface area contributed by atoms with Gasteiger partial charge in [0, 0.05) is 11.1 Å². The van der Waals surface area contributed by atoms with Crippen molar-refractivity contribution in [3.8, 4) is 0 Å². The Bertz CT molecular complexity index is 405. The first kappa shape index (κ1) is 18.6. The molecule has 110 valence electrons. The maximum atomic E-state index is 12.2. The van der Waals surface area contributed by atoms with E-state index in [4.69, 9.17) is 0 Å². The van der Waals surface area contributed by atoms with Gasteiger partial charge in [0.2, 0.25) is 5.91 Å². The number of carbonyl (C=O) groups excluding carboxylic acids is 1. The Labute approximate surface area is 130 Å². The highest BCUT2D eigenvalue weighted by Crippen LogP contribution is 2.23. The Morgan fingerprint density at radius 2 is 2.32 bits per heavy atom. The van der Waals surface area contributed by atoms with Crippen LogP contribution in [0.1, 0.15) is 36.1 Å². The highest BCUT2D eigenvalue weighted by Gasteiger charge is 2.38. The van der Waals surface area contributed by atoms with E-state index in [1.807, 2.05) is 13.1 Å². The highest BCUT2D eigenvalue weighted by molar-refractivity contribution is 7.11. The second-order valence-electron chi connectivity index (χ2n) is 4.49. The molecule has 7 heteroatoms. The fourth-order valence-corrected chi connectivity index (χ4v) is 3.02. The molecule has 0 spiro atoms. The van der Waals surface area contributed by atoms with Crippen molar-refractivity contribution in [2.75, 3.05) is 6.54 Å². The average Bonchev–Trinajstić information content (AvgIpc) is 2.95. The normalized spacial score (nSPS) is 21.4. The average molecular weight is 326 g/mol. The summed E-state index contributed by atoms with van der Waals surface area (Å²) in [6.07, 6.45) is 4.71. The van der Waals surface area contributed by atoms with E-state index in [2.05, 4.69) is 22.5 Å². The third-order valence-electron chi connectivity index (χ3n) is 3.37. The van der Waals surface area contributed by atoms with Gasteiger partial charge in [-0.1, -0.05) is 6.92 Å². The summed E-state index contributed by atoms with van der Waals surface area (Å²) in [7, 11) is 0. The smallest absolute Gasteiger partial charge is 0.240 e. The summed E-state index contributed by atoms with van der Waals surface area (Å²) >= 11 is 1.63. The molecule has 1 amide bonds. The number of hydrogen-bond acceptors (Lipinski definition) is 4. The summed E-state index contributed by atoms with van der Waals surface area (Å²) in [6, 6.07) is 0. The number of carbonyl (C=O) groups is 1. The van der Waals surface area contributed by atoms with Crippen LogP contribution < -0.4 is 10.6 Å². The van der Waals surface area contributed by atoms with Gasteiger partial charge in [-0.15, -0.1) is 36.2 Å². The maximum absolute atomic E-state index is 12.2. The molecule has 1 saturated heterocycles. The van der Waals surface area contributed by atoms with E-state index in [0.29, 0.717) is 6.54 Å². The van der Waals surface area contributed by atoms with Crippen molar-refractivity contribution in [1.29, 1.82) is 0 Å². The molecule has 0 bridgehead atoms. The lowest BCUT2D eigenvalue weighted by Crippen LogP contribution is -2.52. The monoisotopic (exact) mass is 325 g/mol. The van der Waals surface area contributed by atoms with Gasteiger partial charge in [0.1, 0.15) is 0 Å². The number of aromatic nitrogens is 1. The van der Waals surface area contributed by atoms with Crippen LogP contribution >= 0.6 is 36.2 Å². The predicted octanol–water partition coefficient (Wildman–Crippen LogP) is 2.44. The summed E-state index contributed by atoms with van der Waals surface area (Å²) in [5.74, 6) is 0.128. The van der Waals surface area contributed by atoms with Crippen LogP contribution in [0.2, 0.25) is 0 Å². The lowest BCUT2D eigenvalue weighted by atomic mass is 9.93. The Morgan fingerprint density at radius 1 is 1.58 bits per heavy atom. The topological polar surface area (TPSA) is 54.0 Å². The minimum Gasteiger partial charge on any atom is -0.350 e. The second kappa shape index (κ2) is 8.04. The van der Waals surface area contributed by atoms with Crippen molar-refractivity contribution in [3.05, 3.63) is 16.1 Å². The lowest BCUT2D eigenvalue weighted by Gasteiger charge is -2.26. The van der Waals surface area contributed by atoms with Gasteiger partial charge < -0.3 is 10.6 Å². The van der Waals surface area contributed by atoms with Gasteiger partial charge in [-0.25, -0.2) is 4.98 Å². The number of rotatable bonds is 4. The van der Waals surface area contributed by atoms with E-state index in [0.717, 1.165) is 35.7 Å². The molecular weight excluding hydrogens is 305 g/mol. The number of hydrogen-bond donors (Lipinski definition) is 2. The number of amides is 1. The Morgan fingerprint density at radius 3 is 2.79 bits per heavy atom. The fourth-order valence-electron chi connectivity index (χ4n) is 2.29. The lowest BCUT2D eigenvalue weighted by molar-refractivity contribution is -0.127. The molecule has 1 aliphatic rings. The highest BCUT2D eigenvalue weighted by atomic mass is 35.5. The zero-order chi connectivity index (χ0) is 12.3. The van der Waals surface area contributed by atoms with E-state index >= 15 is 0 Å². The Hall–Kier alpha value is -0.360. The van der Waals surface area contributed by atoms with Gasteiger partial charge in [-0.05, 0) is 32.7 Å². The van der Waals surface area contributed by atoms with E-state index in [-0.39, 0.29) is 36.3 Å². The van der Waals surface area contributed by atoms with Gasteiger partial charge in [-0.3, -0.25) is 4.79 Å². The minimum atomic E-state index is -0.334. The Kier molecular flexibility index (Phi) is 7.89. The molecule has 4 nitrogen and oxygen atoms in total. The molecule has 2 heterocycles. The molecule has 1 aromatic rings. The number of aryl methyl sites for hydroxylation is 1.